The number of nitrogens with one attached hydrogen (secondary N) is 1. The third-order valence-corrected chi connectivity index (χ3v) is 2.32. The second-order valence-electron chi connectivity index (χ2n) is 3.63. The summed E-state index contributed by atoms with van der Waals surface area (Å²) >= 11 is 0. The van der Waals surface area contributed by atoms with Gasteiger partial charge in [0, 0.05) is 19.6 Å². The Morgan fingerprint density at radius 2 is 2.31 bits per heavy atom. The number of rotatable bonds is 1. The van der Waals surface area contributed by atoms with Crippen LogP contribution in [0, 0.1) is 0 Å². The third kappa shape index (κ3) is 2.27. The highest BCUT2D eigenvalue weighted by Crippen LogP contribution is 2.18. The maximum absolute atomic E-state index is 3.48. The van der Waals surface area contributed by atoms with Crippen LogP contribution in [0.1, 0.15) is 27.2 Å². The van der Waals surface area contributed by atoms with E-state index < -0.39 is 0 Å². The summed E-state index contributed by atoms with van der Waals surface area (Å²) in [7, 11) is 2.16. The Kier molecular flexibility index (Phi) is 3.40. The fraction of sp³-hybridized carbons (Fsp3) is 0.636. The molecular weight excluding hydrogens is 160 g/mol. The van der Waals surface area contributed by atoms with E-state index in [9.17, 15) is 0 Å². The van der Waals surface area contributed by atoms with Gasteiger partial charge in [0.05, 0.1) is 11.4 Å². The first-order valence-electron chi connectivity index (χ1n) is 5.03. The van der Waals surface area contributed by atoms with E-state index in [2.05, 4.69) is 50.2 Å². The van der Waals surface area contributed by atoms with Crippen LogP contribution in [-0.4, -0.2) is 24.5 Å². The number of hydrogen-bond donors (Lipinski definition) is 1. The van der Waals surface area contributed by atoms with Crippen molar-refractivity contribution in [2.45, 2.75) is 33.2 Å². The average molecular weight is 180 g/mol. The minimum Gasteiger partial charge on any atom is -0.379 e. The van der Waals surface area contributed by atoms with Gasteiger partial charge in [0.2, 0.25) is 0 Å². The van der Waals surface area contributed by atoms with E-state index in [1.807, 2.05) is 0 Å². The predicted molar refractivity (Wildman–Crippen MR) is 57.4 cm³/mol. The van der Waals surface area contributed by atoms with Crippen LogP contribution < -0.4 is 5.32 Å². The van der Waals surface area contributed by atoms with Crippen LogP contribution in [0.3, 0.4) is 0 Å². The standard InChI is InChI=1S/C11H20N2/c1-5-7-11-10(6-2)12-9(3)8-13(11)4/h6-7,9,12H,5,8H2,1-4H3/b10-6?,11-7+. The monoisotopic (exact) mass is 180 g/mol. The van der Waals surface area contributed by atoms with Gasteiger partial charge >= 0.3 is 0 Å². The van der Waals surface area contributed by atoms with Crippen molar-refractivity contribution in [1.29, 1.82) is 0 Å². The van der Waals surface area contributed by atoms with Crippen molar-refractivity contribution < 1.29 is 0 Å². The van der Waals surface area contributed by atoms with Crippen LogP contribution in [0.15, 0.2) is 23.5 Å². The van der Waals surface area contributed by atoms with E-state index in [1.54, 1.807) is 0 Å². The quantitative estimate of drug-likeness (QED) is 0.665. The Balaban J connectivity index is 2.85. The van der Waals surface area contributed by atoms with E-state index in [4.69, 9.17) is 0 Å². The van der Waals surface area contributed by atoms with Crippen LogP contribution in [0.2, 0.25) is 0 Å². The van der Waals surface area contributed by atoms with Gasteiger partial charge in [-0.25, -0.2) is 0 Å². The number of likely N-dealkylation sites (N-methyl/N-ethyl adjacent to an activating group) is 1. The van der Waals surface area contributed by atoms with E-state index >= 15 is 0 Å². The minimum atomic E-state index is 0.546. The lowest BCUT2D eigenvalue weighted by Crippen LogP contribution is -2.44. The molecule has 1 fully saturated rings. The van der Waals surface area contributed by atoms with Gasteiger partial charge in [-0.3, -0.25) is 0 Å². The van der Waals surface area contributed by atoms with E-state index in [0.29, 0.717) is 6.04 Å². The zero-order valence-corrected chi connectivity index (χ0v) is 9.09. The summed E-state index contributed by atoms with van der Waals surface area (Å²) in [6.45, 7) is 7.55. The van der Waals surface area contributed by atoms with Crippen LogP contribution in [0.5, 0.6) is 0 Å². The SMILES string of the molecule is CC=C1NC(C)CN(C)/C1=C/CC. The number of nitrogens with zero attached hydrogens (tertiary/aromatic N) is 1. The lowest BCUT2D eigenvalue weighted by Gasteiger charge is -2.35. The Morgan fingerprint density at radius 1 is 1.62 bits per heavy atom. The fourth-order valence-electron chi connectivity index (χ4n) is 1.79. The molecule has 0 amide bonds. The fourth-order valence-corrected chi connectivity index (χ4v) is 1.79. The van der Waals surface area contributed by atoms with E-state index in [-0.39, 0.29) is 0 Å². The van der Waals surface area contributed by atoms with Gasteiger partial charge in [0.15, 0.2) is 0 Å². The molecule has 1 saturated heterocycles. The molecule has 0 aromatic rings. The highest BCUT2D eigenvalue weighted by molar-refractivity contribution is 5.30. The third-order valence-electron chi connectivity index (χ3n) is 2.32. The highest BCUT2D eigenvalue weighted by Gasteiger charge is 2.19. The Labute approximate surface area is 81.3 Å². The molecule has 1 aliphatic rings. The second kappa shape index (κ2) is 4.35. The molecule has 2 heteroatoms. The van der Waals surface area contributed by atoms with Crippen molar-refractivity contribution in [3.63, 3.8) is 0 Å². The van der Waals surface area contributed by atoms with E-state index in [1.165, 1.54) is 11.4 Å². The summed E-state index contributed by atoms with van der Waals surface area (Å²) < 4.78 is 0. The summed E-state index contributed by atoms with van der Waals surface area (Å²) in [5.74, 6) is 0. The minimum absolute atomic E-state index is 0.546. The molecule has 0 radical (unpaired) electrons. The maximum Gasteiger partial charge on any atom is 0.0556 e. The van der Waals surface area contributed by atoms with Crippen molar-refractivity contribution in [3.8, 4) is 0 Å². The van der Waals surface area contributed by atoms with Gasteiger partial charge in [-0.1, -0.05) is 19.1 Å². The molecule has 1 heterocycles. The molecule has 0 aliphatic carbocycles. The molecule has 1 aliphatic heterocycles. The first-order valence-corrected chi connectivity index (χ1v) is 5.03. The molecule has 1 atom stereocenters. The van der Waals surface area contributed by atoms with Crippen molar-refractivity contribution in [2.24, 2.45) is 0 Å². The van der Waals surface area contributed by atoms with Crippen molar-refractivity contribution in [2.75, 3.05) is 13.6 Å². The molecule has 13 heavy (non-hydrogen) atoms. The molecule has 0 saturated carbocycles. The van der Waals surface area contributed by atoms with Gasteiger partial charge in [-0.05, 0) is 20.3 Å². The van der Waals surface area contributed by atoms with Crippen LogP contribution in [-0.2, 0) is 0 Å². The lowest BCUT2D eigenvalue weighted by atomic mass is 10.1. The maximum atomic E-state index is 3.48. The molecule has 0 aromatic heterocycles. The average Bonchev–Trinajstić information content (AvgIpc) is 2.09. The second-order valence-corrected chi connectivity index (χ2v) is 3.63. The highest BCUT2D eigenvalue weighted by atomic mass is 15.2. The van der Waals surface area contributed by atoms with Gasteiger partial charge < -0.3 is 10.2 Å². The summed E-state index contributed by atoms with van der Waals surface area (Å²) in [5.41, 5.74) is 2.60. The molecular formula is C11H20N2. The molecule has 1 unspecified atom stereocenters. The molecule has 1 N–H and O–H groups in total. The number of allylic oxidation sites excluding steroid dienone is 2. The van der Waals surface area contributed by atoms with Crippen LogP contribution in [0.4, 0.5) is 0 Å². The first-order chi connectivity index (χ1) is 6.19. The zero-order valence-electron chi connectivity index (χ0n) is 9.09. The van der Waals surface area contributed by atoms with Gasteiger partial charge in [-0.2, -0.15) is 0 Å². The summed E-state index contributed by atoms with van der Waals surface area (Å²) in [6.07, 6.45) is 5.51. The lowest BCUT2D eigenvalue weighted by molar-refractivity contribution is 0.332. The Hall–Kier alpha value is -0.920. The van der Waals surface area contributed by atoms with Crippen molar-refractivity contribution in [3.05, 3.63) is 23.5 Å². The van der Waals surface area contributed by atoms with Crippen LogP contribution in [0.25, 0.3) is 0 Å². The smallest absolute Gasteiger partial charge is 0.0556 e. The van der Waals surface area contributed by atoms with E-state index in [0.717, 1.165) is 13.0 Å². The number of piperazine rings is 1. The number of hydrogen-bond acceptors (Lipinski definition) is 2. The molecule has 0 bridgehead atoms. The summed E-state index contributed by atoms with van der Waals surface area (Å²) in [6, 6.07) is 0.546. The zero-order chi connectivity index (χ0) is 9.84. The van der Waals surface area contributed by atoms with Crippen LogP contribution >= 0.6 is 0 Å². The molecule has 0 spiro atoms. The van der Waals surface area contributed by atoms with Gasteiger partial charge in [-0.15, -0.1) is 0 Å². The summed E-state index contributed by atoms with van der Waals surface area (Å²) in [4.78, 5) is 2.32. The largest absolute Gasteiger partial charge is 0.379 e. The van der Waals surface area contributed by atoms with Gasteiger partial charge in [0.1, 0.15) is 0 Å². The molecule has 1 rings (SSSR count). The normalized spacial score (nSPS) is 29.5. The molecule has 0 aromatic carbocycles. The topological polar surface area (TPSA) is 15.3 Å². The van der Waals surface area contributed by atoms with Gasteiger partial charge in [0.25, 0.3) is 0 Å². The predicted octanol–water partition coefficient (Wildman–Crippen LogP) is 2.11. The van der Waals surface area contributed by atoms with Crippen molar-refractivity contribution in [1.82, 2.24) is 10.2 Å². The molecule has 2 nitrogen and oxygen atoms in total. The Morgan fingerprint density at radius 3 is 2.85 bits per heavy atom. The molecule has 74 valence electrons. The van der Waals surface area contributed by atoms with Crippen molar-refractivity contribution >= 4 is 0 Å². The summed E-state index contributed by atoms with van der Waals surface area (Å²) in [5, 5.41) is 3.48. The Bertz CT molecular complexity index is 228. The first kappa shape index (κ1) is 10.2.